The lowest BCUT2D eigenvalue weighted by Crippen LogP contribution is -2.10. The van der Waals surface area contributed by atoms with Crippen LogP contribution in [0.15, 0.2) is 11.6 Å². The van der Waals surface area contributed by atoms with Gasteiger partial charge in [-0.25, -0.2) is 0 Å². The van der Waals surface area contributed by atoms with E-state index in [1.807, 2.05) is 0 Å². The van der Waals surface area contributed by atoms with Gasteiger partial charge < -0.3 is 0 Å². The molecule has 0 fully saturated rings. The Morgan fingerprint density at radius 2 is 1.80 bits per heavy atom. The fourth-order valence-corrected chi connectivity index (χ4v) is 0.861. The van der Waals surface area contributed by atoms with E-state index in [9.17, 15) is 0 Å². The Balaban J connectivity index is 4.17. The van der Waals surface area contributed by atoms with Gasteiger partial charge in [-0.1, -0.05) is 39.3 Å². The van der Waals surface area contributed by atoms with Crippen LogP contribution >= 0.6 is 0 Å². The lowest BCUT2D eigenvalue weighted by molar-refractivity contribution is 0.428. The van der Waals surface area contributed by atoms with E-state index in [1.54, 1.807) is 0 Å². The Kier molecular flexibility index (Phi) is 3.70. The van der Waals surface area contributed by atoms with E-state index in [0.717, 1.165) is 6.42 Å². The maximum absolute atomic E-state index is 2.32. The van der Waals surface area contributed by atoms with Crippen molar-refractivity contribution in [2.45, 2.75) is 47.5 Å². The molecule has 0 saturated carbocycles. The number of hydrogen-bond donors (Lipinski definition) is 0. The van der Waals surface area contributed by atoms with E-state index in [-0.39, 0.29) is 0 Å². The van der Waals surface area contributed by atoms with E-state index in [2.05, 4.69) is 40.7 Å². The molecule has 0 saturated heterocycles. The Hall–Kier alpha value is -0.260. The predicted octanol–water partition coefficient (Wildman–Crippen LogP) is 3.78. The Bertz CT molecular complexity index is 118. The highest BCUT2D eigenvalue weighted by atomic mass is 14.2. The van der Waals surface area contributed by atoms with Crippen molar-refractivity contribution >= 4 is 0 Å². The zero-order valence-electron chi connectivity index (χ0n) is 7.99. The molecule has 0 aliphatic heterocycles. The number of hydrogen-bond acceptors (Lipinski definition) is 0. The van der Waals surface area contributed by atoms with Gasteiger partial charge in [0.15, 0.2) is 0 Å². The lowest BCUT2D eigenvalue weighted by Gasteiger charge is -2.23. The highest BCUT2D eigenvalue weighted by molar-refractivity contribution is 5.08. The molecule has 0 aromatic rings. The minimum atomic E-state index is 0.413. The number of allylic oxidation sites excluding steroid dienone is 2. The number of rotatable bonds is 3. The maximum atomic E-state index is 2.32. The van der Waals surface area contributed by atoms with Gasteiger partial charge in [-0.15, -0.1) is 0 Å². The van der Waals surface area contributed by atoms with Gasteiger partial charge in [0.2, 0.25) is 0 Å². The molecule has 0 aromatic carbocycles. The summed E-state index contributed by atoms with van der Waals surface area (Å²) in [5.41, 5.74) is 1.94. The van der Waals surface area contributed by atoms with Gasteiger partial charge in [0.25, 0.3) is 0 Å². The van der Waals surface area contributed by atoms with Crippen molar-refractivity contribution in [2.75, 3.05) is 0 Å². The van der Waals surface area contributed by atoms with Crippen LogP contribution in [-0.2, 0) is 0 Å². The van der Waals surface area contributed by atoms with Gasteiger partial charge in [0.1, 0.15) is 0 Å². The minimum Gasteiger partial charge on any atom is -0.0853 e. The van der Waals surface area contributed by atoms with Crippen LogP contribution in [0.5, 0.6) is 0 Å². The third-order valence-corrected chi connectivity index (χ3v) is 2.46. The van der Waals surface area contributed by atoms with Crippen molar-refractivity contribution in [3.8, 4) is 0 Å². The molecular formula is C10H20. The van der Waals surface area contributed by atoms with Crippen LogP contribution in [0.1, 0.15) is 47.5 Å². The standard InChI is InChI=1S/C10H20/c1-6-8-9(3)10(4,5)7-2/h8H,6-7H2,1-5H3/b9-8-. The van der Waals surface area contributed by atoms with Crippen LogP contribution in [0.25, 0.3) is 0 Å². The minimum absolute atomic E-state index is 0.413. The zero-order valence-corrected chi connectivity index (χ0v) is 7.99. The first kappa shape index (κ1) is 9.74. The third kappa shape index (κ3) is 2.55. The fraction of sp³-hybridized carbons (Fsp3) is 0.800. The SMILES string of the molecule is CC/C=C(/C)C(C)(C)CC. The van der Waals surface area contributed by atoms with Crippen molar-refractivity contribution in [1.29, 1.82) is 0 Å². The summed E-state index contributed by atoms with van der Waals surface area (Å²) in [6.45, 7) is 11.3. The molecule has 0 bridgehead atoms. The van der Waals surface area contributed by atoms with Gasteiger partial charge in [-0.05, 0) is 25.2 Å². The second-order valence-electron chi connectivity index (χ2n) is 3.53. The molecule has 10 heavy (non-hydrogen) atoms. The highest BCUT2D eigenvalue weighted by Crippen LogP contribution is 2.29. The molecule has 0 atom stereocenters. The van der Waals surface area contributed by atoms with Gasteiger partial charge in [-0.2, -0.15) is 0 Å². The van der Waals surface area contributed by atoms with Crippen molar-refractivity contribution in [1.82, 2.24) is 0 Å². The average molecular weight is 140 g/mol. The highest BCUT2D eigenvalue weighted by Gasteiger charge is 2.15. The first-order chi connectivity index (χ1) is 4.54. The van der Waals surface area contributed by atoms with Gasteiger partial charge >= 0.3 is 0 Å². The maximum Gasteiger partial charge on any atom is -0.0150 e. The Morgan fingerprint density at radius 3 is 2.10 bits per heavy atom. The van der Waals surface area contributed by atoms with E-state index < -0.39 is 0 Å². The molecule has 0 aliphatic rings. The summed E-state index contributed by atoms with van der Waals surface area (Å²) < 4.78 is 0. The Morgan fingerprint density at radius 1 is 1.30 bits per heavy atom. The molecule has 0 spiro atoms. The van der Waals surface area contributed by atoms with E-state index >= 15 is 0 Å². The first-order valence-corrected chi connectivity index (χ1v) is 4.21. The van der Waals surface area contributed by atoms with Gasteiger partial charge in [0.05, 0.1) is 0 Å². The van der Waals surface area contributed by atoms with Crippen LogP contribution in [0, 0.1) is 5.41 Å². The molecule has 0 heteroatoms. The zero-order chi connectivity index (χ0) is 8.20. The topological polar surface area (TPSA) is 0 Å². The molecule has 0 heterocycles. The van der Waals surface area contributed by atoms with Crippen LogP contribution in [0.3, 0.4) is 0 Å². The predicted molar refractivity (Wildman–Crippen MR) is 48.1 cm³/mol. The molecular weight excluding hydrogens is 120 g/mol. The van der Waals surface area contributed by atoms with Crippen LogP contribution in [0.2, 0.25) is 0 Å². The summed E-state index contributed by atoms with van der Waals surface area (Å²) in [6.07, 6.45) is 4.72. The van der Waals surface area contributed by atoms with E-state index in [0.29, 0.717) is 5.41 Å². The molecule has 0 nitrogen and oxygen atoms in total. The molecule has 0 aliphatic carbocycles. The van der Waals surface area contributed by atoms with Crippen molar-refractivity contribution in [3.63, 3.8) is 0 Å². The summed E-state index contributed by atoms with van der Waals surface area (Å²) >= 11 is 0. The lowest BCUT2D eigenvalue weighted by atomic mass is 9.82. The molecule has 0 N–H and O–H groups in total. The summed E-state index contributed by atoms with van der Waals surface area (Å²) in [5, 5.41) is 0. The second-order valence-corrected chi connectivity index (χ2v) is 3.53. The summed E-state index contributed by atoms with van der Waals surface area (Å²) in [7, 11) is 0. The fourth-order valence-electron chi connectivity index (χ4n) is 0.861. The normalized spacial score (nSPS) is 13.9. The second kappa shape index (κ2) is 3.80. The summed E-state index contributed by atoms with van der Waals surface area (Å²) in [4.78, 5) is 0. The smallest absolute Gasteiger partial charge is 0.0150 e. The van der Waals surface area contributed by atoms with E-state index in [4.69, 9.17) is 0 Å². The van der Waals surface area contributed by atoms with Crippen LogP contribution < -0.4 is 0 Å². The summed E-state index contributed by atoms with van der Waals surface area (Å²) in [6, 6.07) is 0. The van der Waals surface area contributed by atoms with Gasteiger partial charge in [-0.3, -0.25) is 0 Å². The van der Waals surface area contributed by atoms with Crippen molar-refractivity contribution < 1.29 is 0 Å². The van der Waals surface area contributed by atoms with Crippen LogP contribution in [-0.4, -0.2) is 0 Å². The van der Waals surface area contributed by atoms with Crippen LogP contribution in [0.4, 0.5) is 0 Å². The molecule has 0 amide bonds. The largest absolute Gasteiger partial charge is 0.0853 e. The molecule has 0 rings (SSSR count). The quantitative estimate of drug-likeness (QED) is 0.523. The molecule has 60 valence electrons. The molecule has 0 radical (unpaired) electrons. The summed E-state index contributed by atoms with van der Waals surface area (Å²) in [5.74, 6) is 0. The molecule has 0 unspecified atom stereocenters. The third-order valence-electron chi connectivity index (χ3n) is 2.46. The van der Waals surface area contributed by atoms with Crippen molar-refractivity contribution in [2.24, 2.45) is 5.41 Å². The Labute approximate surface area is 65.3 Å². The van der Waals surface area contributed by atoms with Gasteiger partial charge in [0, 0.05) is 0 Å². The van der Waals surface area contributed by atoms with E-state index in [1.165, 1.54) is 12.0 Å². The van der Waals surface area contributed by atoms with Crippen molar-refractivity contribution in [3.05, 3.63) is 11.6 Å². The monoisotopic (exact) mass is 140 g/mol. The average Bonchev–Trinajstić information content (AvgIpc) is 1.89. The first-order valence-electron chi connectivity index (χ1n) is 4.21. The molecule has 0 aromatic heterocycles.